The summed E-state index contributed by atoms with van der Waals surface area (Å²) in [5.74, 6) is 0.784. The van der Waals surface area contributed by atoms with Gasteiger partial charge in [-0.3, -0.25) is 9.69 Å². The van der Waals surface area contributed by atoms with E-state index in [0.717, 1.165) is 18.5 Å². The van der Waals surface area contributed by atoms with Crippen LogP contribution in [-0.2, 0) is 37.5 Å². The molecule has 32 heavy (non-hydrogen) atoms. The van der Waals surface area contributed by atoms with E-state index < -0.39 is 0 Å². The fraction of sp³-hybridized carbons (Fsp3) is 0.704. The number of rotatable bonds is 4. The van der Waals surface area contributed by atoms with E-state index >= 15 is 0 Å². The van der Waals surface area contributed by atoms with Gasteiger partial charge in [-0.1, -0.05) is 67.5 Å². The monoisotopic (exact) mass is 520 g/mol. The maximum absolute atomic E-state index is 12.3. The van der Waals surface area contributed by atoms with E-state index in [1.54, 1.807) is 0 Å². The first kappa shape index (κ1) is 35.8. The second-order valence-corrected chi connectivity index (χ2v) is 8.73. The van der Waals surface area contributed by atoms with Gasteiger partial charge in [0.2, 0.25) is 5.91 Å². The minimum absolute atomic E-state index is 0. The normalized spacial score (nSPS) is 18.0. The van der Waals surface area contributed by atoms with Crippen LogP contribution in [0.2, 0.25) is 0 Å². The van der Waals surface area contributed by atoms with Crippen molar-refractivity contribution in [3.8, 4) is 6.07 Å². The van der Waals surface area contributed by atoms with Gasteiger partial charge >= 0.3 is 0 Å². The van der Waals surface area contributed by atoms with Crippen LogP contribution in [0.25, 0.3) is 0 Å². The summed E-state index contributed by atoms with van der Waals surface area (Å²) in [6, 6.07) is 10.9. The van der Waals surface area contributed by atoms with E-state index in [1.807, 2.05) is 24.3 Å². The molecule has 1 saturated carbocycles. The number of nitrogens with one attached hydrogen (secondary N) is 1. The van der Waals surface area contributed by atoms with E-state index in [1.165, 1.54) is 44.1 Å². The Morgan fingerprint density at radius 1 is 1.03 bits per heavy atom. The van der Waals surface area contributed by atoms with Crippen molar-refractivity contribution in [2.24, 2.45) is 0 Å². The number of hydrogen-bond donors (Lipinski definition) is 1. The van der Waals surface area contributed by atoms with Crippen LogP contribution in [0, 0.1) is 11.3 Å². The first-order valence-corrected chi connectivity index (χ1v) is 11.0. The van der Waals surface area contributed by atoms with Crippen molar-refractivity contribution in [2.75, 3.05) is 6.54 Å². The Bertz CT molecular complexity index is 663. The fourth-order valence-electron chi connectivity index (χ4n) is 4.20. The average Bonchev–Trinajstić information content (AvgIpc) is 3.20. The van der Waals surface area contributed by atoms with E-state index in [9.17, 15) is 4.79 Å². The molecule has 0 aromatic heterocycles. The van der Waals surface area contributed by atoms with Crippen molar-refractivity contribution in [1.29, 1.82) is 5.26 Å². The van der Waals surface area contributed by atoms with Gasteiger partial charge in [0.15, 0.2) is 0 Å². The molecule has 3 rings (SSSR count). The summed E-state index contributed by atoms with van der Waals surface area (Å²) in [4.78, 5) is 14.6. The maximum Gasteiger partial charge on any atom is 0.237 e. The second-order valence-electron chi connectivity index (χ2n) is 8.73. The molecule has 1 unspecified atom stereocenters. The summed E-state index contributed by atoms with van der Waals surface area (Å²) < 4.78 is 0. The van der Waals surface area contributed by atoms with Crippen LogP contribution in [0.3, 0.4) is 0 Å². The second kappa shape index (κ2) is 18.6. The van der Waals surface area contributed by atoms with Gasteiger partial charge in [0.1, 0.15) is 0 Å². The number of carbonyl (C=O) groups excluding carboxylic acids is 1. The van der Waals surface area contributed by atoms with Gasteiger partial charge < -0.3 is 5.32 Å². The smallest absolute Gasteiger partial charge is 0.237 e. The van der Waals surface area contributed by atoms with Crippen LogP contribution in [0.1, 0.15) is 112 Å². The van der Waals surface area contributed by atoms with Crippen molar-refractivity contribution in [2.45, 2.75) is 119 Å². The van der Waals surface area contributed by atoms with Gasteiger partial charge in [0, 0.05) is 44.8 Å². The molecule has 1 saturated heterocycles. The first-order valence-electron chi connectivity index (χ1n) is 11.0. The van der Waals surface area contributed by atoms with Gasteiger partial charge in [-0.2, -0.15) is 5.26 Å². The third-order valence-electron chi connectivity index (χ3n) is 5.89. The Balaban J connectivity index is -0.000000500. The van der Waals surface area contributed by atoms with Crippen LogP contribution in [0.4, 0.5) is 0 Å². The molecule has 2 aliphatic rings. The molecule has 1 aromatic carbocycles. The predicted octanol–water partition coefficient (Wildman–Crippen LogP) is 6.90. The van der Waals surface area contributed by atoms with Crippen molar-refractivity contribution < 1.29 is 37.5 Å². The summed E-state index contributed by atoms with van der Waals surface area (Å²) in [5.41, 5.74) is 1.97. The molecule has 2 fully saturated rings. The summed E-state index contributed by atoms with van der Waals surface area (Å²) in [7, 11) is 0. The van der Waals surface area contributed by atoms with Gasteiger partial charge in [0.25, 0.3) is 0 Å². The quantitative estimate of drug-likeness (QED) is 0.470. The predicted molar refractivity (Wildman–Crippen MR) is 135 cm³/mol. The zero-order valence-corrected chi connectivity index (χ0v) is 21.5. The van der Waals surface area contributed by atoms with Crippen molar-refractivity contribution in [1.82, 2.24) is 10.2 Å². The number of nitriles is 1. The summed E-state index contributed by atoms with van der Waals surface area (Å²) in [6.07, 6.45) is 8.47. The molecular formula is C27H49N3OY. The van der Waals surface area contributed by atoms with Crippen LogP contribution in [0.15, 0.2) is 24.3 Å². The van der Waals surface area contributed by atoms with Crippen molar-refractivity contribution >= 4 is 5.91 Å². The molecule has 0 bridgehead atoms. The van der Waals surface area contributed by atoms with Gasteiger partial charge in [-0.15, -0.1) is 0 Å². The summed E-state index contributed by atoms with van der Waals surface area (Å²) in [6.45, 7) is 9.70. The molecule has 4 nitrogen and oxygen atoms in total. The summed E-state index contributed by atoms with van der Waals surface area (Å²) in [5, 5.41) is 11.9. The Morgan fingerprint density at radius 2 is 1.66 bits per heavy atom. The topological polar surface area (TPSA) is 56.1 Å². The zero-order valence-electron chi connectivity index (χ0n) is 18.7. The Kier molecular flexibility index (Phi) is 20.9. The van der Waals surface area contributed by atoms with Gasteiger partial charge in [-0.05, 0) is 69.7 Å². The van der Waals surface area contributed by atoms with Crippen molar-refractivity contribution in [3.05, 3.63) is 35.4 Å². The van der Waals surface area contributed by atoms with Crippen LogP contribution in [-0.4, -0.2) is 35.5 Å². The standard InChI is InChI=1S/C14H26N2O.C10H11N.3CH4.Y/c1-11(2)16-10-6-9-13(16)14(17)15-12-7-4-3-5-8-12;1-8(2)10-5-3-4-9(6-10)7-11;;;;/h11-13H,3-10H2,1-2H3,(H,15,17);3-6,8H,1-2H3;3*1H4;. The first-order chi connectivity index (χ1) is 13.4. The molecular weight excluding hydrogens is 471 g/mol. The third-order valence-corrected chi connectivity index (χ3v) is 5.89. The third kappa shape index (κ3) is 11.4. The molecule has 1 heterocycles. The van der Waals surface area contributed by atoms with Crippen LogP contribution in [0.5, 0.6) is 0 Å². The number of carbonyl (C=O) groups is 1. The minimum atomic E-state index is 0. The summed E-state index contributed by atoms with van der Waals surface area (Å²) >= 11 is 0. The molecule has 0 spiro atoms. The molecule has 1 N–H and O–H groups in total. The SMILES string of the molecule is C.C.C.CC(C)N1CCCC1C(=O)NC1CCCCC1.CC(C)c1cccc(C#N)c1.[Y]. The number of amides is 1. The Morgan fingerprint density at radius 3 is 2.19 bits per heavy atom. The molecule has 1 radical (unpaired) electrons. The molecule has 1 aromatic rings. The van der Waals surface area contributed by atoms with Gasteiger partial charge in [-0.25, -0.2) is 0 Å². The molecule has 181 valence electrons. The molecule has 5 heteroatoms. The van der Waals surface area contributed by atoms with E-state index in [0.29, 0.717) is 18.0 Å². The largest absolute Gasteiger partial charge is 0.352 e. The Labute approximate surface area is 224 Å². The fourth-order valence-corrected chi connectivity index (χ4v) is 4.20. The van der Waals surface area contributed by atoms with Gasteiger partial charge in [0.05, 0.1) is 17.7 Å². The molecule has 1 aliphatic heterocycles. The van der Waals surface area contributed by atoms with Crippen LogP contribution >= 0.6 is 0 Å². The number of benzene rings is 1. The Hall–Kier alpha value is -0.756. The maximum atomic E-state index is 12.3. The minimum Gasteiger partial charge on any atom is -0.352 e. The molecule has 1 amide bonds. The molecule has 1 aliphatic carbocycles. The zero-order chi connectivity index (χ0) is 20.5. The average molecular weight is 521 g/mol. The number of hydrogen-bond acceptors (Lipinski definition) is 3. The van der Waals surface area contributed by atoms with E-state index in [4.69, 9.17) is 5.26 Å². The number of likely N-dealkylation sites (tertiary alicyclic amines) is 1. The van der Waals surface area contributed by atoms with Crippen LogP contribution < -0.4 is 5.32 Å². The van der Waals surface area contributed by atoms with Crippen molar-refractivity contribution in [3.63, 3.8) is 0 Å². The van der Waals surface area contributed by atoms with E-state index in [-0.39, 0.29) is 66.9 Å². The van der Waals surface area contributed by atoms with E-state index in [2.05, 4.69) is 44.0 Å². The number of nitrogens with zero attached hydrogens (tertiary/aromatic N) is 2. The molecule has 1 atom stereocenters.